The third kappa shape index (κ3) is 3.42. The fourth-order valence-electron chi connectivity index (χ4n) is 4.51. The quantitative estimate of drug-likeness (QED) is 0.849. The molecule has 2 aromatic rings. The lowest BCUT2D eigenvalue weighted by Gasteiger charge is -2.31. The summed E-state index contributed by atoms with van der Waals surface area (Å²) in [6, 6.07) is 6.27. The molecule has 1 amide bonds. The normalized spacial score (nSPS) is 26.9. The van der Waals surface area contributed by atoms with E-state index in [2.05, 4.69) is 23.3 Å². The Bertz CT molecular complexity index is 779. The molecule has 1 saturated carbocycles. The number of nitrogens with one attached hydrogen (secondary N) is 2. The number of carbonyl (C=O) groups excluding carboxylic acids is 1. The van der Waals surface area contributed by atoms with Crippen LogP contribution in [-0.2, 0) is 9.53 Å². The minimum atomic E-state index is -0.242. The molecule has 1 aliphatic heterocycles. The van der Waals surface area contributed by atoms with Crippen molar-refractivity contribution in [1.29, 1.82) is 0 Å². The summed E-state index contributed by atoms with van der Waals surface area (Å²) >= 11 is 6.22. The first-order valence-electron chi connectivity index (χ1n) is 9.31. The van der Waals surface area contributed by atoms with Gasteiger partial charge in [-0.25, -0.2) is 0 Å². The van der Waals surface area contributed by atoms with Gasteiger partial charge in [-0.3, -0.25) is 4.79 Å². The van der Waals surface area contributed by atoms with Gasteiger partial charge in [-0.05, 0) is 68.7 Å². The number of aromatic nitrogens is 1. The summed E-state index contributed by atoms with van der Waals surface area (Å²) in [5.41, 5.74) is 3.73. The SMILES string of the molecule is Cc1[nH]c2ccc(Cl)cc2c1[C@@H]1CCC[C@H](NC(=O)[C@@H]2CCCO2)C1. The van der Waals surface area contributed by atoms with Crippen molar-refractivity contribution in [3.8, 4) is 0 Å². The number of fused-ring (bicyclic) bond motifs is 1. The molecule has 2 fully saturated rings. The molecule has 1 aromatic carbocycles. The molecule has 0 radical (unpaired) electrons. The van der Waals surface area contributed by atoms with Crippen molar-refractivity contribution < 1.29 is 9.53 Å². The van der Waals surface area contributed by atoms with Gasteiger partial charge >= 0.3 is 0 Å². The van der Waals surface area contributed by atoms with E-state index < -0.39 is 0 Å². The van der Waals surface area contributed by atoms with Crippen molar-refractivity contribution in [2.24, 2.45) is 0 Å². The minimum Gasteiger partial charge on any atom is -0.368 e. The third-order valence-electron chi connectivity index (χ3n) is 5.65. The van der Waals surface area contributed by atoms with Gasteiger partial charge in [0.1, 0.15) is 6.10 Å². The number of rotatable bonds is 3. The van der Waals surface area contributed by atoms with Gasteiger partial charge in [0.25, 0.3) is 0 Å². The van der Waals surface area contributed by atoms with Crippen LogP contribution < -0.4 is 5.32 Å². The number of halogens is 1. The molecule has 0 spiro atoms. The van der Waals surface area contributed by atoms with Crippen LogP contribution in [-0.4, -0.2) is 29.6 Å². The smallest absolute Gasteiger partial charge is 0.249 e. The maximum Gasteiger partial charge on any atom is 0.249 e. The second-order valence-electron chi connectivity index (χ2n) is 7.42. The summed E-state index contributed by atoms with van der Waals surface area (Å²) in [6.07, 6.45) is 5.92. The highest BCUT2D eigenvalue weighted by atomic mass is 35.5. The number of benzene rings is 1. The number of aromatic amines is 1. The summed E-state index contributed by atoms with van der Waals surface area (Å²) < 4.78 is 5.51. The second-order valence-corrected chi connectivity index (χ2v) is 7.86. The molecule has 2 aliphatic rings. The lowest BCUT2D eigenvalue weighted by atomic mass is 9.80. The first-order chi connectivity index (χ1) is 12.1. The number of hydrogen-bond acceptors (Lipinski definition) is 2. The first kappa shape index (κ1) is 16.9. The molecule has 0 unspecified atom stereocenters. The van der Waals surface area contributed by atoms with Gasteiger partial charge in [-0.15, -0.1) is 0 Å². The van der Waals surface area contributed by atoms with E-state index >= 15 is 0 Å². The van der Waals surface area contributed by atoms with Gasteiger partial charge < -0.3 is 15.0 Å². The molecule has 2 heterocycles. The molecule has 2 N–H and O–H groups in total. The summed E-state index contributed by atoms with van der Waals surface area (Å²) in [4.78, 5) is 15.9. The molecule has 25 heavy (non-hydrogen) atoms. The third-order valence-corrected chi connectivity index (χ3v) is 5.88. The van der Waals surface area contributed by atoms with Gasteiger partial charge in [-0.1, -0.05) is 18.0 Å². The zero-order valence-electron chi connectivity index (χ0n) is 14.6. The molecule has 5 heteroatoms. The van der Waals surface area contributed by atoms with Crippen molar-refractivity contribution in [2.45, 2.75) is 63.5 Å². The number of hydrogen-bond donors (Lipinski definition) is 2. The predicted octanol–water partition coefficient (Wildman–Crippen LogP) is 4.45. The highest BCUT2D eigenvalue weighted by Gasteiger charge is 2.30. The number of carbonyl (C=O) groups is 1. The average Bonchev–Trinajstić information content (AvgIpc) is 3.22. The topological polar surface area (TPSA) is 54.1 Å². The highest BCUT2D eigenvalue weighted by Crippen LogP contribution is 2.39. The number of H-pyrrole nitrogens is 1. The van der Waals surface area contributed by atoms with E-state index in [4.69, 9.17) is 16.3 Å². The standard InChI is InChI=1S/C20H25ClN2O2/c1-12-19(16-11-14(21)7-8-17(16)22-12)13-4-2-5-15(10-13)23-20(24)18-6-3-9-25-18/h7-8,11,13,15,18,22H,2-6,9-10H2,1H3,(H,23,24)/t13-,15+,18+/m1/s1. The molecular formula is C20H25ClN2O2. The van der Waals surface area contributed by atoms with Crippen molar-refractivity contribution >= 4 is 28.4 Å². The van der Waals surface area contributed by atoms with Gasteiger partial charge in [0, 0.05) is 34.3 Å². The van der Waals surface area contributed by atoms with E-state index in [1.54, 1.807) is 0 Å². The van der Waals surface area contributed by atoms with Crippen LogP contribution in [0.25, 0.3) is 10.9 Å². The van der Waals surface area contributed by atoms with E-state index in [-0.39, 0.29) is 18.1 Å². The molecule has 4 nitrogen and oxygen atoms in total. The van der Waals surface area contributed by atoms with E-state index in [0.29, 0.717) is 12.5 Å². The fourth-order valence-corrected chi connectivity index (χ4v) is 4.68. The second kappa shape index (κ2) is 7.00. The summed E-state index contributed by atoms with van der Waals surface area (Å²) in [6.45, 7) is 2.85. The molecule has 3 atom stereocenters. The average molecular weight is 361 g/mol. The molecule has 0 bridgehead atoms. The maximum atomic E-state index is 12.4. The Hall–Kier alpha value is -1.52. The Morgan fingerprint density at radius 3 is 2.96 bits per heavy atom. The Balaban J connectivity index is 1.52. The van der Waals surface area contributed by atoms with Crippen LogP contribution in [0.4, 0.5) is 0 Å². The molecular weight excluding hydrogens is 336 g/mol. The minimum absolute atomic E-state index is 0.0712. The van der Waals surface area contributed by atoms with Crippen LogP contribution >= 0.6 is 11.6 Å². The Morgan fingerprint density at radius 1 is 1.28 bits per heavy atom. The highest BCUT2D eigenvalue weighted by molar-refractivity contribution is 6.31. The van der Waals surface area contributed by atoms with Crippen LogP contribution in [0.1, 0.15) is 55.7 Å². The Kier molecular flexibility index (Phi) is 4.74. The summed E-state index contributed by atoms with van der Waals surface area (Å²) in [5.74, 6) is 0.526. The van der Waals surface area contributed by atoms with E-state index in [9.17, 15) is 4.79 Å². The van der Waals surface area contributed by atoms with Gasteiger partial charge in [-0.2, -0.15) is 0 Å². The molecule has 134 valence electrons. The van der Waals surface area contributed by atoms with E-state index in [0.717, 1.165) is 49.1 Å². The Labute approximate surface area is 153 Å². The molecule has 1 aromatic heterocycles. The fraction of sp³-hybridized carbons (Fsp3) is 0.550. The summed E-state index contributed by atoms with van der Waals surface area (Å²) in [5, 5.41) is 5.22. The Morgan fingerprint density at radius 2 is 2.16 bits per heavy atom. The monoisotopic (exact) mass is 360 g/mol. The van der Waals surface area contributed by atoms with Crippen LogP contribution in [0, 0.1) is 6.92 Å². The maximum absolute atomic E-state index is 12.4. The van der Waals surface area contributed by atoms with Crippen molar-refractivity contribution in [1.82, 2.24) is 10.3 Å². The van der Waals surface area contributed by atoms with E-state index in [1.165, 1.54) is 16.6 Å². The van der Waals surface area contributed by atoms with Gasteiger partial charge in [0.2, 0.25) is 5.91 Å². The van der Waals surface area contributed by atoms with Crippen LogP contribution in [0.3, 0.4) is 0 Å². The zero-order chi connectivity index (χ0) is 17.4. The van der Waals surface area contributed by atoms with E-state index in [1.807, 2.05) is 12.1 Å². The van der Waals surface area contributed by atoms with Gasteiger partial charge in [0.15, 0.2) is 0 Å². The van der Waals surface area contributed by atoms with Crippen molar-refractivity contribution in [3.63, 3.8) is 0 Å². The zero-order valence-corrected chi connectivity index (χ0v) is 15.4. The lowest BCUT2D eigenvalue weighted by molar-refractivity contribution is -0.131. The van der Waals surface area contributed by atoms with Gasteiger partial charge in [0.05, 0.1) is 0 Å². The molecule has 4 rings (SSSR count). The number of amides is 1. The van der Waals surface area contributed by atoms with Crippen LogP contribution in [0.15, 0.2) is 18.2 Å². The van der Waals surface area contributed by atoms with Crippen LogP contribution in [0.2, 0.25) is 5.02 Å². The first-order valence-corrected chi connectivity index (χ1v) is 9.69. The molecule has 1 aliphatic carbocycles. The van der Waals surface area contributed by atoms with Crippen LogP contribution in [0.5, 0.6) is 0 Å². The number of ether oxygens (including phenoxy) is 1. The summed E-state index contributed by atoms with van der Waals surface area (Å²) in [7, 11) is 0. The molecule has 1 saturated heterocycles. The van der Waals surface area contributed by atoms with Crippen molar-refractivity contribution in [3.05, 3.63) is 34.5 Å². The largest absolute Gasteiger partial charge is 0.368 e. The number of aryl methyl sites for hydroxylation is 1. The lowest BCUT2D eigenvalue weighted by Crippen LogP contribution is -2.43. The predicted molar refractivity (Wildman–Crippen MR) is 100 cm³/mol. The van der Waals surface area contributed by atoms with Crippen molar-refractivity contribution in [2.75, 3.05) is 6.61 Å².